The third kappa shape index (κ3) is 3.51. The Labute approximate surface area is 194 Å². The molecule has 1 aliphatic heterocycles. The molecule has 0 amide bonds. The molecule has 5 N–H and O–H groups in total. The van der Waals surface area contributed by atoms with Gasteiger partial charge in [0.1, 0.15) is 16.7 Å². The summed E-state index contributed by atoms with van der Waals surface area (Å²) in [5, 5.41) is 14.4. The molecule has 1 saturated heterocycles. The zero-order valence-electron chi connectivity index (χ0n) is 17.2. The molecule has 1 aromatic carbocycles. The van der Waals surface area contributed by atoms with E-state index >= 15 is 0 Å². The van der Waals surface area contributed by atoms with Crippen molar-refractivity contribution in [2.75, 3.05) is 29.5 Å². The van der Waals surface area contributed by atoms with Crippen molar-refractivity contribution in [3.63, 3.8) is 0 Å². The third-order valence-corrected chi connectivity index (χ3v) is 7.86. The van der Waals surface area contributed by atoms with E-state index in [0.29, 0.717) is 15.9 Å². The van der Waals surface area contributed by atoms with Crippen LogP contribution in [0.1, 0.15) is 24.0 Å². The molecule has 0 bridgehead atoms. The number of nitrogen functional groups attached to an aromatic ring is 2. The van der Waals surface area contributed by atoms with Crippen LogP contribution in [-0.4, -0.2) is 39.0 Å². The summed E-state index contributed by atoms with van der Waals surface area (Å²) >= 11 is 7.54. The third-order valence-electron chi connectivity index (χ3n) is 6.29. The zero-order valence-corrected chi connectivity index (χ0v) is 18.8. The fraction of sp³-hybridized carbons (Fsp3) is 0.273. The van der Waals surface area contributed by atoms with E-state index in [1.165, 1.54) is 17.3 Å². The van der Waals surface area contributed by atoms with E-state index in [1.54, 1.807) is 18.5 Å². The van der Waals surface area contributed by atoms with Gasteiger partial charge >= 0.3 is 0 Å². The van der Waals surface area contributed by atoms with E-state index in [0.717, 1.165) is 54.3 Å². The summed E-state index contributed by atoms with van der Waals surface area (Å²) in [6.45, 7) is 1.56. The number of hydrogen-bond acceptors (Lipinski definition) is 9. The molecule has 1 aliphatic carbocycles. The monoisotopic (exact) mass is 467 g/mol. The summed E-state index contributed by atoms with van der Waals surface area (Å²) in [5.41, 5.74) is 15.0. The standard InChI is InChI=1S/C22H22ClN7OS/c23-17-15(5-8-26-19(17)24)32-21-20(25)28-16(12-27-21)30-9-6-22(7-10-30)11-13-3-1-2-4-14(13)18(22)29-31/h1-5,8,12,31H,6-7,9-11H2,(H2,24,26)(H2,25,28). The second-order valence-corrected chi connectivity index (χ2v) is 9.49. The van der Waals surface area contributed by atoms with Crippen molar-refractivity contribution in [2.24, 2.45) is 10.6 Å². The Morgan fingerprint density at radius 2 is 1.88 bits per heavy atom. The topological polar surface area (TPSA) is 127 Å². The lowest BCUT2D eigenvalue weighted by Crippen LogP contribution is -2.44. The maximum absolute atomic E-state index is 9.75. The molecule has 3 aromatic rings. The Balaban J connectivity index is 1.31. The maximum atomic E-state index is 9.75. The Morgan fingerprint density at radius 1 is 1.09 bits per heavy atom. The van der Waals surface area contributed by atoms with Crippen LogP contribution >= 0.6 is 23.4 Å². The molecule has 1 fully saturated rings. The summed E-state index contributed by atoms with van der Waals surface area (Å²) in [7, 11) is 0. The molecule has 164 valence electrons. The number of piperidine rings is 1. The first kappa shape index (κ1) is 20.8. The predicted octanol–water partition coefficient (Wildman–Crippen LogP) is 3.86. The van der Waals surface area contributed by atoms with Crippen molar-refractivity contribution in [1.82, 2.24) is 15.0 Å². The fourth-order valence-electron chi connectivity index (χ4n) is 4.61. The van der Waals surface area contributed by atoms with Gasteiger partial charge in [-0.05, 0) is 30.9 Å². The van der Waals surface area contributed by atoms with Crippen LogP contribution in [0.3, 0.4) is 0 Å². The van der Waals surface area contributed by atoms with Gasteiger partial charge in [-0.1, -0.05) is 52.8 Å². The van der Waals surface area contributed by atoms with E-state index in [4.69, 9.17) is 23.1 Å². The molecular weight excluding hydrogens is 446 g/mol. The van der Waals surface area contributed by atoms with Gasteiger partial charge in [-0.25, -0.2) is 15.0 Å². The average Bonchev–Trinajstić information content (AvgIpc) is 3.11. The first-order valence-corrected chi connectivity index (χ1v) is 11.5. The van der Waals surface area contributed by atoms with E-state index in [-0.39, 0.29) is 11.2 Å². The number of pyridine rings is 1. The molecule has 2 aliphatic rings. The van der Waals surface area contributed by atoms with Gasteiger partial charge in [-0.15, -0.1) is 0 Å². The fourth-order valence-corrected chi connectivity index (χ4v) is 5.63. The molecule has 2 aromatic heterocycles. The summed E-state index contributed by atoms with van der Waals surface area (Å²) in [4.78, 5) is 16.0. The number of rotatable bonds is 3. The van der Waals surface area contributed by atoms with Gasteiger partial charge in [0.25, 0.3) is 0 Å². The zero-order chi connectivity index (χ0) is 22.3. The predicted molar refractivity (Wildman–Crippen MR) is 127 cm³/mol. The van der Waals surface area contributed by atoms with Gasteiger partial charge in [0.15, 0.2) is 5.82 Å². The second-order valence-electron chi connectivity index (χ2n) is 8.08. The van der Waals surface area contributed by atoms with E-state index < -0.39 is 0 Å². The van der Waals surface area contributed by atoms with Crippen molar-refractivity contribution in [2.45, 2.75) is 29.2 Å². The molecule has 8 nitrogen and oxygen atoms in total. The summed E-state index contributed by atoms with van der Waals surface area (Å²) in [6.07, 6.45) is 5.96. The van der Waals surface area contributed by atoms with E-state index in [2.05, 4.69) is 31.1 Å². The summed E-state index contributed by atoms with van der Waals surface area (Å²) in [6, 6.07) is 9.95. The van der Waals surface area contributed by atoms with Gasteiger partial charge in [-0.3, -0.25) is 0 Å². The van der Waals surface area contributed by atoms with Crippen molar-refractivity contribution in [3.05, 3.63) is 58.9 Å². The Hall–Kier alpha value is -3.04. The van der Waals surface area contributed by atoms with Gasteiger partial charge in [0.2, 0.25) is 0 Å². The van der Waals surface area contributed by atoms with Gasteiger partial charge < -0.3 is 21.6 Å². The molecule has 3 heterocycles. The molecule has 0 unspecified atom stereocenters. The Kier molecular flexibility index (Phi) is 5.30. The minimum Gasteiger partial charge on any atom is -0.411 e. The van der Waals surface area contributed by atoms with Gasteiger partial charge in [-0.2, -0.15) is 0 Å². The average molecular weight is 468 g/mol. The van der Waals surface area contributed by atoms with Crippen LogP contribution in [0.4, 0.5) is 17.5 Å². The van der Waals surface area contributed by atoms with Gasteiger partial charge in [0, 0.05) is 35.2 Å². The first-order valence-electron chi connectivity index (χ1n) is 10.3. The number of halogens is 1. The molecule has 0 radical (unpaired) electrons. The lowest BCUT2D eigenvalue weighted by Gasteiger charge is -2.39. The number of fused-ring (bicyclic) bond motifs is 1. The van der Waals surface area contributed by atoms with E-state index in [9.17, 15) is 5.21 Å². The van der Waals surface area contributed by atoms with Crippen molar-refractivity contribution in [1.29, 1.82) is 0 Å². The largest absolute Gasteiger partial charge is 0.411 e. The van der Waals surface area contributed by atoms with Crippen LogP contribution in [-0.2, 0) is 6.42 Å². The van der Waals surface area contributed by atoms with Crippen LogP contribution in [0.15, 0.2) is 57.8 Å². The van der Waals surface area contributed by atoms with Gasteiger partial charge in [0.05, 0.1) is 16.9 Å². The lowest BCUT2D eigenvalue weighted by molar-refractivity contribution is 0.285. The van der Waals surface area contributed by atoms with Crippen molar-refractivity contribution < 1.29 is 5.21 Å². The molecule has 32 heavy (non-hydrogen) atoms. The Morgan fingerprint density at radius 3 is 2.62 bits per heavy atom. The van der Waals surface area contributed by atoms with Crippen LogP contribution in [0.25, 0.3) is 0 Å². The number of nitrogens with zero attached hydrogens (tertiary/aromatic N) is 5. The van der Waals surface area contributed by atoms with Crippen LogP contribution < -0.4 is 16.4 Å². The number of oxime groups is 1. The quantitative estimate of drug-likeness (QED) is 0.391. The highest BCUT2D eigenvalue weighted by Crippen LogP contribution is 2.45. The minimum atomic E-state index is -0.137. The number of nitrogens with two attached hydrogens (primary N) is 2. The number of anilines is 3. The summed E-state index contributed by atoms with van der Waals surface area (Å²) in [5.74, 6) is 1.34. The molecule has 1 spiro atoms. The minimum absolute atomic E-state index is 0.137. The number of benzene rings is 1. The first-order chi connectivity index (χ1) is 15.5. The molecule has 5 rings (SSSR count). The normalized spacial score (nSPS) is 18.3. The maximum Gasteiger partial charge on any atom is 0.158 e. The van der Waals surface area contributed by atoms with Crippen molar-refractivity contribution in [3.8, 4) is 0 Å². The second kappa shape index (κ2) is 8.14. The Bertz CT molecular complexity index is 1210. The highest BCUT2D eigenvalue weighted by Gasteiger charge is 2.45. The highest BCUT2D eigenvalue weighted by atomic mass is 35.5. The molecular formula is C22H22ClN7OS. The summed E-state index contributed by atoms with van der Waals surface area (Å²) < 4.78 is 0. The number of aromatic nitrogens is 3. The highest BCUT2D eigenvalue weighted by molar-refractivity contribution is 7.99. The lowest BCUT2D eigenvalue weighted by atomic mass is 9.74. The van der Waals surface area contributed by atoms with Crippen LogP contribution in [0.5, 0.6) is 0 Å². The van der Waals surface area contributed by atoms with Crippen LogP contribution in [0.2, 0.25) is 5.02 Å². The van der Waals surface area contributed by atoms with Crippen molar-refractivity contribution >= 4 is 46.5 Å². The SMILES string of the molecule is Nc1nc(N2CCC3(CC2)Cc2ccccc2C3=NO)cnc1Sc1ccnc(N)c1Cl. The van der Waals surface area contributed by atoms with E-state index in [1.807, 2.05) is 18.2 Å². The molecule has 0 atom stereocenters. The van der Waals surface area contributed by atoms with Crippen LogP contribution in [0, 0.1) is 5.41 Å². The smallest absolute Gasteiger partial charge is 0.158 e. The number of hydrogen-bond donors (Lipinski definition) is 3. The molecule has 10 heteroatoms. The molecule has 0 saturated carbocycles.